The van der Waals surface area contributed by atoms with E-state index in [2.05, 4.69) is 11.4 Å². The van der Waals surface area contributed by atoms with E-state index in [0.29, 0.717) is 17.5 Å². The lowest BCUT2D eigenvalue weighted by molar-refractivity contribution is 0.357. The fraction of sp³-hybridized carbons (Fsp3) is 0.562. The summed E-state index contributed by atoms with van der Waals surface area (Å²) in [5, 5.41) is 12.9. The van der Waals surface area contributed by atoms with E-state index < -0.39 is 0 Å². The molecule has 1 aliphatic rings. The molecule has 0 amide bonds. The predicted molar refractivity (Wildman–Crippen MR) is 77.9 cm³/mol. The van der Waals surface area contributed by atoms with Crippen molar-refractivity contribution in [2.45, 2.75) is 44.2 Å². The largest absolute Gasteiger partial charge is 0.497 e. The highest BCUT2D eigenvalue weighted by atomic mass is 16.5. The molecule has 1 aromatic carbocycles. The van der Waals surface area contributed by atoms with E-state index in [1.807, 2.05) is 18.2 Å². The Kier molecular flexibility index (Phi) is 5.25. The third-order valence-corrected chi connectivity index (χ3v) is 3.84. The van der Waals surface area contributed by atoms with E-state index in [-0.39, 0.29) is 6.04 Å². The molecule has 0 spiro atoms. The van der Waals surface area contributed by atoms with Crippen LogP contribution in [0.2, 0.25) is 0 Å². The second-order valence-electron chi connectivity index (χ2n) is 5.21. The first-order chi connectivity index (χ1) is 9.76. The number of nitrogens with zero attached hydrogens (tertiary/aromatic N) is 1. The number of ether oxygens (including phenoxy) is 2. The zero-order chi connectivity index (χ0) is 14.4. The van der Waals surface area contributed by atoms with E-state index >= 15 is 0 Å². The smallest absolute Gasteiger partial charge is 0.122 e. The van der Waals surface area contributed by atoms with E-state index in [9.17, 15) is 5.26 Å². The van der Waals surface area contributed by atoms with Gasteiger partial charge >= 0.3 is 0 Å². The fourth-order valence-electron chi connectivity index (χ4n) is 2.71. The first-order valence-corrected chi connectivity index (χ1v) is 7.15. The van der Waals surface area contributed by atoms with Crippen LogP contribution in [-0.2, 0) is 0 Å². The van der Waals surface area contributed by atoms with Crippen LogP contribution in [0.1, 0.15) is 43.7 Å². The molecule has 1 saturated carbocycles. The molecule has 0 aromatic heterocycles. The Bertz CT molecular complexity index is 454. The van der Waals surface area contributed by atoms with Gasteiger partial charge in [-0.25, -0.2) is 0 Å². The first-order valence-electron chi connectivity index (χ1n) is 7.15. The Labute approximate surface area is 120 Å². The SMILES string of the molecule is COc1cc(OC)cc(C(C#N)NC2CCCCC2)c1. The van der Waals surface area contributed by atoms with Crippen LogP contribution in [-0.4, -0.2) is 20.3 Å². The van der Waals surface area contributed by atoms with Gasteiger partial charge in [0.25, 0.3) is 0 Å². The highest BCUT2D eigenvalue weighted by Crippen LogP contribution is 2.28. The summed E-state index contributed by atoms with van der Waals surface area (Å²) >= 11 is 0. The van der Waals surface area contributed by atoms with Crippen molar-refractivity contribution in [1.82, 2.24) is 5.32 Å². The normalized spacial score (nSPS) is 17.2. The number of rotatable bonds is 5. The maximum absolute atomic E-state index is 9.44. The van der Waals surface area contributed by atoms with Crippen LogP contribution in [0.25, 0.3) is 0 Å². The lowest BCUT2D eigenvalue weighted by Gasteiger charge is -2.25. The molecule has 1 fully saturated rings. The zero-order valence-corrected chi connectivity index (χ0v) is 12.2. The van der Waals surface area contributed by atoms with Crippen LogP contribution in [0.15, 0.2) is 18.2 Å². The third-order valence-electron chi connectivity index (χ3n) is 3.84. The van der Waals surface area contributed by atoms with Crippen molar-refractivity contribution >= 4 is 0 Å². The average Bonchev–Trinajstić information content (AvgIpc) is 2.53. The Balaban J connectivity index is 2.15. The molecule has 0 heterocycles. The van der Waals surface area contributed by atoms with E-state index in [1.54, 1.807) is 14.2 Å². The molecular weight excluding hydrogens is 252 g/mol. The highest BCUT2D eigenvalue weighted by molar-refractivity contribution is 5.41. The molecule has 20 heavy (non-hydrogen) atoms. The number of hydrogen-bond donors (Lipinski definition) is 1. The van der Waals surface area contributed by atoms with Gasteiger partial charge < -0.3 is 9.47 Å². The summed E-state index contributed by atoms with van der Waals surface area (Å²) in [7, 11) is 3.24. The van der Waals surface area contributed by atoms with Gasteiger partial charge in [0.05, 0.1) is 20.3 Å². The zero-order valence-electron chi connectivity index (χ0n) is 12.2. The maximum atomic E-state index is 9.44. The standard InChI is InChI=1S/C16H22N2O2/c1-19-14-8-12(9-15(10-14)20-2)16(11-17)18-13-6-4-3-5-7-13/h8-10,13,16,18H,3-7H2,1-2H3. The number of methoxy groups -OCH3 is 2. The van der Waals surface area contributed by atoms with Crippen molar-refractivity contribution in [3.63, 3.8) is 0 Å². The summed E-state index contributed by atoms with van der Waals surface area (Å²) in [5.41, 5.74) is 0.897. The van der Waals surface area contributed by atoms with Crippen LogP contribution in [0.4, 0.5) is 0 Å². The highest BCUT2D eigenvalue weighted by Gasteiger charge is 2.20. The second kappa shape index (κ2) is 7.16. The molecule has 1 unspecified atom stereocenters. The van der Waals surface area contributed by atoms with Crippen molar-refractivity contribution in [2.75, 3.05) is 14.2 Å². The van der Waals surface area contributed by atoms with Crippen molar-refractivity contribution in [2.24, 2.45) is 0 Å². The van der Waals surface area contributed by atoms with Gasteiger partial charge in [-0.1, -0.05) is 19.3 Å². The van der Waals surface area contributed by atoms with Crippen LogP contribution < -0.4 is 14.8 Å². The molecule has 4 nitrogen and oxygen atoms in total. The van der Waals surface area contributed by atoms with E-state index in [0.717, 1.165) is 18.4 Å². The summed E-state index contributed by atoms with van der Waals surface area (Å²) in [6, 6.07) is 8.07. The Morgan fingerprint density at radius 1 is 1.10 bits per heavy atom. The number of benzene rings is 1. The third kappa shape index (κ3) is 3.64. The monoisotopic (exact) mass is 274 g/mol. The van der Waals surface area contributed by atoms with Crippen molar-refractivity contribution < 1.29 is 9.47 Å². The summed E-state index contributed by atoms with van der Waals surface area (Å²) in [6.07, 6.45) is 6.11. The lowest BCUT2D eigenvalue weighted by atomic mass is 9.94. The minimum Gasteiger partial charge on any atom is -0.497 e. The topological polar surface area (TPSA) is 54.3 Å². The van der Waals surface area contributed by atoms with Crippen molar-refractivity contribution in [3.8, 4) is 17.6 Å². The quantitative estimate of drug-likeness (QED) is 0.896. The van der Waals surface area contributed by atoms with Crippen molar-refractivity contribution in [1.29, 1.82) is 5.26 Å². The molecule has 4 heteroatoms. The molecule has 0 aliphatic heterocycles. The molecule has 0 saturated heterocycles. The molecule has 0 radical (unpaired) electrons. The molecule has 1 N–H and O–H groups in total. The molecule has 1 aromatic rings. The van der Waals surface area contributed by atoms with Gasteiger partial charge in [-0.2, -0.15) is 5.26 Å². The maximum Gasteiger partial charge on any atom is 0.122 e. The summed E-state index contributed by atoms with van der Waals surface area (Å²) in [6.45, 7) is 0. The van der Waals surface area contributed by atoms with Gasteiger partial charge in [-0.15, -0.1) is 0 Å². The fourth-order valence-corrected chi connectivity index (χ4v) is 2.71. The van der Waals surface area contributed by atoms with Crippen LogP contribution in [0, 0.1) is 11.3 Å². The van der Waals surface area contributed by atoms with Gasteiger partial charge in [-0.3, -0.25) is 5.32 Å². The molecule has 1 aliphatic carbocycles. The molecular formula is C16H22N2O2. The Hall–Kier alpha value is -1.73. The lowest BCUT2D eigenvalue weighted by Crippen LogP contribution is -2.33. The number of nitrogens with one attached hydrogen (secondary N) is 1. The van der Waals surface area contributed by atoms with Crippen molar-refractivity contribution in [3.05, 3.63) is 23.8 Å². The average molecular weight is 274 g/mol. The van der Waals surface area contributed by atoms with Gasteiger partial charge in [-0.05, 0) is 30.5 Å². The molecule has 0 bridgehead atoms. The number of hydrogen-bond acceptors (Lipinski definition) is 4. The molecule has 108 valence electrons. The Morgan fingerprint density at radius 2 is 1.70 bits per heavy atom. The van der Waals surface area contributed by atoms with Gasteiger partial charge in [0.2, 0.25) is 0 Å². The summed E-state index contributed by atoms with van der Waals surface area (Å²) in [4.78, 5) is 0. The molecule has 1 atom stereocenters. The van der Waals surface area contributed by atoms with Crippen LogP contribution in [0.5, 0.6) is 11.5 Å². The minimum absolute atomic E-state index is 0.318. The summed E-state index contributed by atoms with van der Waals surface area (Å²) in [5.74, 6) is 1.43. The first kappa shape index (κ1) is 14.7. The number of nitriles is 1. The van der Waals surface area contributed by atoms with E-state index in [1.165, 1.54) is 19.3 Å². The van der Waals surface area contributed by atoms with Gasteiger partial charge in [0.1, 0.15) is 17.5 Å². The minimum atomic E-state index is -0.318. The molecule has 2 rings (SSSR count). The second-order valence-corrected chi connectivity index (χ2v) is 5.21. The summed E-state index contributed by atoms with van der Waals surface area (Å²) < 4.78 is 10.5. The van der Waals surface area contributed by atoms with Gasteiger partial charge in [0, 0.05) is 12.1 Å². The Morgan fingerprint density at radius 3 is 2.20 bits per heavy atom. The predicted octanol–water partition coefficient (Wildman–Crippen LogP) is 3.19. The van der Waals surface area contributed by atoms with Crippen LogP contribution >= 0.6 is 0 Å². The van der Waals surface area contributed by atoms with E-state index in [4.69, 9.17) is 9.47 Å². The van der Waals surface area contributed by atoms with Crippen LogP contribution in [0.3, 0.4) is 0 Å². The van der Waals surface area contributed by atoms with Gasteiger partial charge in [0.15, 0.2) is 0 Å².